The number of carbonyl (C=O) groups excluding carboxylic acids is 1. The van der Waals surface area contributed by atoms with Gasteiger partial charge in [-0.15, -0.1) is 6.42 Å². The van der Waals surface area contributed by atoms with E-state index in [0.29, 0.717) is 45.0 Å². The first-order chi connectivity index (χ1) is 19.9. The van der Waals surface area contributed by atoms with E-state index < -0.39 is 5.54 Å². The minimum atomic E-state index is -0.739. The molecule has 2 rings (SSSR count). The lowest BCUT2D eigenvalue weighted by Gasteiger charge is -2.43. The fourth-order valence-corrected chi connectivity index (χ4v) is 5.18. The lowest BCUT2D eigenvalue weighted by Crippen LogP contribution is -2.57. The number of terminal acetylenes is 1. The smallest absolute Gasteiger partial charge is 0.327 e. The monoisotopic (exact) mass is 614 g/mol. The summed E-state index contributed by atoms with van der Waals surface area (Å²) in [5.41, 5.74) is 2.50. The molecule has 0 atom stereocenters. The topological polar surface area (TPSA) is 60.5 Å². The van der Waals surface area contributed by atoms with Crippen molar-refractivity contribution < 1.29 is 23.2 Å². The predicted molar refractivity (Wildman–Crippen MR) is 179 cm³/mol. The van der Waals surface area contributed by atoms with Crippen LogP contribution in [-0.4, -0.2) is 80.9 Å². The Hall–Kier alpha value is -2.71. The van der Waals surface area contributed by atoms with Crippen molar-refractivity contribution in [1.29, 1.82) is 0 Å². The maximum atomic E-state index is 13.0. The molecule has 0 spiro atoms. The third-order valence-corrected chi connectivity index (χ3v) is 7.64. The number of likely N-dealkylation sites (tertiary alicyclic amines) is 1. The van der Waals surface area contributed by atoms with Crippen LogP contribution in [0.3, 0.4) is 0 Å². The molecule has 1 aliphatic rings. The molecular weight excluding hydrogens is 569 g/mol. The number of esters is 1. The van der Waals surface area contributed by atoms with E-state index in [1.54, 1.807) is 25.3 Å². The van der Waals surface area contributed by atoms with Crippen LogP contribution in [0, 0.1) is 12.3 Å². The molecule has 0 aromatic heterocycles. The van der Waals surface area contributed by atoms with Gasteiger partial charge in [0.05, 0.1) is 38.7 Å². The second-order valence-electron chi connectivity index (χ2n) is 9.42. The molecule has 0 N–H and O–H groups in total. The summed E-state index contributed by atoms with van der Waals surface area (Å²) in [7, 11) is 3.58. The number of allylic oxidation sites excluding steroid dienone is 6. The zero-order chi connectivity index (χ0) is 29.9. The van der Waals surface area contributed by atoms with Crippen LogP contribution in [0.25, 0.3) is 5.57 Å². The maximum Gasteiger partial charge on any atom is 0.327 e. The van der Waals surface area contributed by atoms with Gasteiger partial charge in [-0.05, 0) is 42.5 Å². The van der Waals surface area contributed by atoms with Crippen molar-refractivity contribution in [2.45, 2.75) is 31.7 Å². The minimum Gasteiger partial charge on any atom is -0.493 e. The van der Waals surface area contributed by atoms with Crippen molar-refractivity contribution in [2.75, 3.05) is 60.2 Å². The molecule has 1 aliphatic heterocycles. The van der Waals surface area contributed by atoms with E-state index in [0.717, 1.165) is 55.0 Å². The molecule has 42 heavy (non-hydrogen) atoms. The zero-order valence-electron chi connectivity index (χ0n) is 25.2. The molecule has 0 radical (unpaired) electrons. The zero-order valence-corrected chi connectivity index (χ0v) is 27.0. The predicted octanol–water partition coefficient (Wildman–Crippen LogP) is 5.74. The molecule has 1 aromatic rings. The summed E-state index contributed by atoms with van der Waals surface area (Å²) < 4.78 is 24.3. The molecule has 0 bridgehead atoms. The van der Waals surface area contributed by atoms with Gasteiger partial charge >= 0.3 is 5.97 Å². The Morgan fingerprint density at radius 3 is 2.64 bits per heavy atom. The highest BCUT2D eigenvalue weighted by Crippen LogP contribution is 2.34. The van der Waals surface area contributed by atoms with Gasteiger partial charge in [0.2, 0.25) is 0 Å². The fourth-order valence-electron chi connectivity index (χ4n) is 4.49. The SMILES string of the molecule is C#C/C=C(\C=C/COSN(C)C1(C(=O)OCC)CCN(CCOC)CC1)OCCc1cccc(/C(C=C)=C/C=C)c1.S. The number of piperidine rings is 1. The second-order valence-corrected chi connectivity index (χ2v) is 10.4. The van der Waals surface area contributed by atoms with Crippen LogP contribution in [0.5, 0.6) is 0 Å². The first kappa shape index (κ1) is 37.3. The van der Waals surface area contributed by atoms with E-state index in [1.807, 2.05) is 48.6 Å². The molecule has 230 valence electrons. The van der Waals surface area contributed by atoms with Gasteiger partial charge in [-0.1, -0.05) is 67.6 Å². The maximum absolute atomic E-state index is 13.0. The van der Waals surface area contributed by atoms with Gasteiger partial charge in [-0.2, -0.15) is 13.5 Å². The van der Waals surface area contributed by atoms with Crippen LogP contribution < -0.4 is 0 Å². The number of likely N-dealkylation sites (N-methyl/N-ethyl adjacent to an activating group) is 1. The Balaban J connectivity index is 0.00000882. The molecule has 1 aromatic carbocycles. The van der Waals surface area contributed by atoms with Gasteiger partial charge < -0.3 is 19.1 Å². The van der Waals surface area contributed by atoms with Crippen molar-refractivity contribution >= 4 is 37.3 Å². The molecule has 9 heteroatoms. The average Bonchev–Trinajstić information content (AvgIpc) is 2.99. The molecular formula is C33H46N2O5S2. The number of methoxy groups -OCH3 is 1. The second kappa shape index (κ2) is 21.1. The van der Waals surface area contributed by atoms with Gasteiger partial charge in [0.25, 0.3) is 0 Å². The van der Waals surface area contributed by atoms with Gasteiger partial charge in [0.15, 0.2) is 0 Å². The lowest BCUT2D eigenvalue weighted by atomic mass is 9.87. The summed E-state index contributed by atoms with van der Waals surface area (Å²) in [5, 5.41) is 0. The molecule has 1 saturated heterocycles. The van der Waals surface area contributed by atoms with Crippen LogP contribution in [0.2, 0.25) is 0 Å². The number of benzene rings is 1. The Morgan fingerprint density at radius 2 is 2.00 bits per heavy atom. The average molecular weight is 615 g/mol. The number of rotatable bonds is 18. The number of hydrogen-bond acceptors (Lipinski definition) is 8. The highest BCUT2D eigenvalue weighted by atomic mass is 32.2. The normalized spacial score (nSPS) is 15.6. The quantitative estimate of drug-likeness (QED) is 0.0395. The van der Waals surface area contributed by atoms with Gasteiger partial charge in [-0.25, -0.2) is 4.31 Å². The van der Waals surface area contributed by atoms with Crippen molar-refractivity contribution in [2.24, 2.45) is 0 Å². The number of carbonyl (C=O) groups is 1. The standard InChI is InChI=1S/C33H44N2O5S.H2S/c1-7-13-29(9-3)30-16-11-15-28(27-30)18-25-39-31(14-8-2)17-12-24-40-41-34(5)33(32(36)38-10-4)19-21-35(22-20-33)23-26-37-6;/h2,7,9,11-17,27H,1,3,10,18-26H2,4-6H3;1H2/b17-12-,29-13+,31-14+;. The van der Waals surface area contributed by atoms with Crippen molar-refractivity contribution in [1.82, 2.24) is 9.21 Å². The molecule has 7 nitrogen and oxygen atoms in total. The van der Waals surface area contributed by atoms with Gasteiger partial charge in [0, 0.05) is 46.3 Å². The van der Waals surface area contributed by atoms with Gasteiger partial charge in [-0.3, -0.25) is 8.98 Å². The summed E-state index contributed by atoms with van der Waals surface area (Å²) in [6.45, 7) is 13.7. The first-order valence-corrected chi connectivity index (χ1v) is 14.6. The summed E-state index contributed by atoms with van der Waals surface area (Å²) in [6, 6.07) is 8.25. The van der Waals surface area contributed by atoms with E-state index in [4.69, 9.17) is 24.8 Å². The molecule has 0 amide bonds. The third kappa shape index (κ3) is 11.9. The van der Waals surface area contributed by atoms with Crippen LogP contribution in [0.15, 0.2) is 79.6 Å². The summed E-state index contributed by atoms with van der Waals surface area (Å²) in [5.74, 6) is 2.89. The first-order valence-electron chi connectivity index (χ1n) is 13.9. The molecule has 0 aliphatic carbocycles. The van der Waals surface area contributed by atoms with E-state index >= 15 is 0 Å². The summed E-state index contributed by atoms with van der Waals surface area (Å²) in [4.78, 5) is 15.3. The number of ether oxygens (including phenoxy) is 3. The Kier molecular flexibility index (Phi) is 18.7. The third-order valence-electron chi connectivity index (χ3n) is 6.83. The van der Waals surface area contributed by atoms with E-state index in [2.05, 4.69) is 36.1 Å². The van der Waals surface area contributed by atoms with Gasteiger partial charge in [0.1, 0.15) is 11.3 Å². The Labute approximate surface area is 264 Å². The fraction of sp³-hybridized carbons (Fsp3) is 0.424. The minimum absolute atomic E-state index is 0. The van der Waals surface area contributed by atoms with E-state index in [9.17, 15) is 4.79 Å². The highest BCUT2D eigenvalue weighted by molar-refractivity contribution is 7.92. The van der Waals surface area contributed by atoms with Crippen LogP contribution in [0.1, 0.15) is 30.9 Å². The highest BCUT2D eigenvalue weighted by Gasteiger charge is 2.47. The molecule has 1 heterocycles. The Bertz CT molecular complexity index is 1120. The molecule has 0 unspecified atom stereocenters. The summed E-state index contributed by atoms with van der Waals surface area (Å²) >= 11 is 1.16. The van der Waals surface area contributed by atoms with Crippen LogP contribution in [-0.2, 0) is 29.6 Å². The van der Waals surface area contributed by atoms with E-state index in [1.165, 1.54) is 0 Å². The van der Waals surface area contributed by atoms with Crippen molar-refractivity contribution in [3.63, 3.8) is 0 Å². The Morgan fingerprint density at radius 1 is 1.24 bits per heavy atom. The summed E-state index contributed by atoms with van der Waals surface area (Å²) in [6.07, 6.45) is 18.3. The largest absolute Gasteiger partial charge is 0.493 e. The number of nitrogens with zero attached hydrogens (tertiary/aromatic N) is 2. The lowest BCUT2D eigenvalue weighted by molar-refractivity contribution is -0.157. The molecule has 0 saturated carbocycles. The van der Waals surface area contributed by atoms with E-state index in [-0.39, 0.29) is 19.5 Å². The van der Waals surface area contributed by atoms with Crippen molar-refractivity contribution in [3.05, 3.63) is 90.8 Å². The van der Waals surface area contributed by atoms with Crippen LogP contribution >= 0.6 is 25.7 Å². The number of hydrogen-bond donors (Lipinski definition) is 0. The molecule has 1 fully saturated rings. The van der Waals surface area contributed by atoms with Crippen LogP contribution in [0.4, 0.5) is 0 Å². The van der Waals surface area contributed by atoms with Crippen molar-refractivity contribution in [3.8, 4) is 12.3 Å².